The van der Waals surface area contributed by atoms with E-state index in [1.54, 1.807) is 18.2 Å². The molecule has 2 aromatic carbocycles. The number of Topliss-reactive ketones (excluding diaryl/α,β-unsaturated/α-hetero) is 1. The predicted molar refractivity (Wildman–Crippen MR) is 84.1 cm³/mol. The van der Waals surface area contributed by atoms with Gasteiger partial charge >= 0.3 is 0 Å². The summed E-state index contributed by atoms with van der Waals surface area (Å²) in [7, 11) is 0. The third-order valence-corrected chi connectivity index (χ3v) is 3.86. The second kappa shape index (κ2) is 5.68. The van der Waals surface area contributed by atoms with E-state index in [1.807, 2.05) is 0 Å². The fourth-order valence-corrected chi connectivity index (χ4v) is 2.74. The number of aromatic hydroxyl groups is 3. The first-order valence-electron chi connectivity index (χ1n) is 7.18. The number of fused-ring (bicyclic) bond motifs is 1. The molecule has 1 unspecified atom stereocenters. The molecular formula is C18H16O5. The molecule has 5 nitrogen and oxygen atoms in total. The second-order valence-corrected chi connectivity index (χ2v) is 5.42. The summed E-state index contributed by atoms with van der Waals surface area (Å²) in [5, 5.41) is 29.4. The van der Waals surface area contributed by atoms with E-state index in [9.17, 15) is 20.1 Å². The number of ketones is 1. The molecule has 23 heavy (non-hydrogen) atoms. The summed E-state index contributed by atoms with van der Waals surface area (Å²) in [6.07, 6.45) is 1.43. The van der Waals surface area contributed by atoms with Crippen LogP contribution in [0.5, 0.6) is 23.0 Å². The van der Waals surface area contributed by atoms with Gasteiger partial charge in [0.25, 0.3) is 0 Å². The van der Waals surface area contributed by atoms with Crippen LogP contribution in [0.15, 0.2) is 43.0 Å². The molecule has 0 radical (unpaired) electrons. The highest BCUT2D eigenvalue weighted by atomic mass is 16.5. The maximum absolute atomic E-state index is 12.4. The number of carbonyl (C=O) groups excluding carboxylic acids is 1. The number of ether oxygens (including phenoxy) is 1. The Balaban J connectivity index is 2.08. The van der Waals surface area contributed by atoms with Crippen molar-refractivity contribution in [2.75, 3.05) is 0 Å². The number of carbonyl (C=O) groups is 1. The summed E-state index contributed by atoms with van der Waals surface area (Å²) in [4.78, 5) is 12.4. The van der Waals surface area contributed by atoms with Crippen molar-refractivity contribution in [2.45, 2.75) is 18.9 Å². The first-order chi connectivity index (χ1) is 11.0. The monoisotopic (exact) mass is 312 g/mol. The number of hydrogen-bond acceptors (Lipinski definition) is 5. The van der Waals surface area contributed by atoms with Gasteiger partial charge in [-0.1, -0.05) is 18.2 Å². The van der Waals surface area contributed by atoms with E-state index in [0.29, 0.717) is 12.0 Å². The van der Waals surface area contributed by atoms with Gasteiger partial charge in [-0.05, 0) is 24.1 Å². The molecule has 3 N–H and O–H groups in total. The van der Waals surface area contributed by atoms with Crippen LogP contribution in [-0.4, -0.2) is 21.1 Å². The molecule has 1 atom stereocenters. The van der Waals surface area contributed by atoms with Crippen LogP contribution in [0, 0.1) is 0 Å². The van der Waals surface area contributed by atoms with E-state index in [4.69, 9.17) is 4.74 Å². The van der Waals surface area contributed by atoms with Gasteiger partial charge < -0.3 is 20.1 Å². The van der Waals surface area contributed by atoms with Crippen molar-refractivity contribution >= 4 is 5.78 Å². The van der Waals surface area contributed by atoms with Gasteiger partial charge in [-0.2, -0.15) is 0 Å². The average Bonchev–Trinajstić information content (AvgIpc) is 2.51. The second-order valence-electron chi connectivity index (χ2n) is 5.42. The van der Waals surface area contributed by atoms with E-state index in [0.717, 1.165) is 11.6 Å². The van der Waals surface area contributed by atoms with Gasteiger partial charge in [0.05, 0.1) is 6.42 Å². The standard InChI is InChI=1S/C18H16O5/c1-2-3-12-13(20)8-14(21)17-15(22)9-16(23-18(12)17)10-4-6-11(19)7-5-10/h2,4-8,16,19-21H,1,3,9H2. The molecule has 0 aliphatic carbocycles. The minimum Gasteiger partial charge on any atom is -0.508 e. The highest BCUT2D eigenvalue weighted by Crippen LogP contribution is 2.45. The fraction of sp³-hybridized carbons (Fsp3) is 0.167. The van der Waals surface area contributed by atoms with Gasteiger partial charge in [-0.25, -0.2) is 0 Å². The Morgan fingerprint density at radius 1 is 1.17 bits per heavy atom. The molecule has 3 rings (SSSR count). The van der Waals surface area contributed by atoms with Gasteiger partial charge in [0, 0.05) is 11.6 Å². The lowest BCUT2D eigenvalue weighted by Crippen LogP contribution is -2.21. The van der Waals surface area contributed by atoms with Gasteiger partial charge in [0.15, 0.2) is 5.78 Å². The summed E-state index contributed by atoms with van der Waals surface area (Å²) in [6, 6.07) is 7.54. The SMILES string of the molecule is C=CCc1c(O)cc(O)c2c1OC(c1ccc(O)cc1)CC2=O. The predicted octanol–water partition coefficient (Wildman–Crippen LogP) is 3.24. The normalized spacial score (nSPS) is 16.5. The highest BCUT2D eigenvalue weighted by molar-refractivity contribution is 6.03. The molecule has 0 aromatic heterocycles. The van der Waals surface area contributed by atoms with Crippen LogP contribution in [0.1, 0.15) is 34.0 Å². The summed E-state index contributed by atoms with van der Waals surface area (Å²) < 4.78 is 5.90. The van der Waals surface area contributed by atoms with Crippen molar-refractivity contribution in [2.24, 2.45) is 0 Å². The maximum Gasteiger partial charge on any atom is 0.174 e. The molecule has 5 heteroatoms. The molecule has 1 aliphatic heterocycles. The van der Waals surface area contributed by atoms with Crippen molar-refractivity contribution < 1.29 is 24.9 Å². The summed E-state index contributed by atoms with van der Waals surface area (Å²) >= 11 is 0. The van der Waals surface area contributed by atoms with Crippen LogP contribution in [-0.2, 0) is 6.42 Å². The minimum atomic E-state index is -0.541. The van der Waals surface area contributed by atoms with E-state index in [-0.39, 0.29) is 40.8 Å². The lowest BCUT2D eigenvalue weighted by molar-refractivity contribution is 0.0842. The van der Waals surface area contributed by atoms with E-state index in [1.165, 1.54) is 12.1 Å². The topological polar surface area (TPSA) is 87.0 Å². The largest absolute Gasteiger partial charge is 0.508 e. The third kappa shape index (κ3) is 2.61. The van der Waals surface area contributed by atoms with Gasteiger partial charge in [0.1, 0.15) is 34.7 Å². The third-order valence-electron chi connectivity index (χ3n) is 3.86. The number of phenolic OH excluding ortho intramolecular Hbond substituents is 3. The quantitative estimate of drug-likeness (QED) is 0.757. The zero-order chi connectivity index (χ0) is 16.6. The number of phenols is 3. The Bertz CT molecular complexity index is 777. The molecule has 1 aliphatic rings. The van der Waals surface area contributed by atoms with Crippen LogP contribution in [0.4, 0.5) is 0 Å². The lowest BCUT2D eigenvalue weighted by Gasteiger charge is -2.28. The Hall–Kier alpha value is -2.95. The Labute approximate surface area is 133 Å². The van der Waals surface area contributed by atoms with Crippen molar-refractivity contribution in [3.05, 3.63) is 59.7 Å². The Morgan fingerprint density at radius 2 is 1.87 bits per heavy atom. The van der Waals surface area contributed by atoms with Crippen LogP contribution < -0.4 is 4.74 Å². The van der Waals surface area contributed by atoms with E-state index < -0.39 is 6.10 Å². The molecule has 2 aromatic rings. The number of rotatable bonds is 3. The van der Waals surface area contributed by atoms with Crippen LogP contribution >= 0.6 is 0 Å². The number of hydrogen-bond donors (Lipinski definition) is 3. The minimum absolute atomic E-state index is 0.0731. The van der Waals surface area contributed by atoms with E-state index >= 15 is 0 Å². The molecular weight excluding hydrogens is 296 g/mol. The smallest absolute Gasteiger partial charge is 0.174 e. The van der Waals surface area contributed by atoms with Crippen LogP contribution in [0.25, 0.3) is 0 Å². The van der Waals surface area contributed by atoms with Crippen LogP contribution in [0.3, 0.4) is 0 Å². The first-order valence-corrected chi connectivity index (χ1v) is 7.18. The molecule has 0 amide bonds. The first kappa shape index (κ1) is 15.0. The van der Waals surface area contributed by atoms with Crippen molar-refractivity contribution in [3.8, 4) is 23.0 Å². The molecule has 1 heterocycles. The number of benzene rings is 2. The van der Waals surface area contributed by atoms with Gasteiger partial charge in [0.2, 0.25) is 0 Å². The average molecular weight is 312 g/mol. The molecule has 0 fully saturated rings. The van der Waals surface area contributed by atoms with Crippen molar-refractivity contribution in [3.63, 3.8) is 0 Å². The molecule has 118 valence electrons. The summed E-state index contributed by atoms with van der Waals surface area (Å²) in [5.41, 5.74) is 1.24. The molecule has 0 saturated heterocycles. The number of allylic oxidation sites excluding steroid dienone is 1. The molecule has 0 spiro atoms. The molecule has 0 bridgehead atoms. The van der Waals surface area contributed by atoms with Crippen molar-refractivity contribution in [1.29, 1.82) is 0 Å². The van der Waals surface area contributed by atoms with Crippen LogP contribution in [0.2, 0.25) is 0 Å². The Kier molecular flexibility index (Phi) is 3.70. The fourth-order valence-electron chi connectivity index (χ4n) is 2.74. The highest BCUT2D eigenvalue weighted by Gasteiger charge is 2.33. The maximum atomic E-state index is 12.4. The molecule has 0 saturated carbocycles. The van der Waals surface area contributed by atoms with Gasteiger partial charge in [-0.15, -0.1) is 6.58 Å². The zero-order valence-corrected chi connectivity index (χ0v) is 12.3. The lowest BCUT2D eigenvalue weighted by atomic mass is 9.92. The summed E-state index contributed by atoms with van der Waals surface area (Å²) in [6.45, 7) is 3.63. The van der Waals surface area contributed by atoms with Crippen molar-refractivity contribution in [1.82, 2.24) is 0 Å². The van der Waals surface area contributed by atoms with Gasteiger partial charge in [-0.3, -0.25) is 4.79 Å². The Morgan fingerprint density at radius 3 is 2.52 bits per heavy atom. The zero-order valence-electron chi connectivity index (χ0n) is 12.3. The van der Waals surface area contributed by atoms with E-state index in [2.05, 4.69) is 6.58 Å². The summed E-state index contributed by atoms with van der Waals surface area (Å²) in [5.74, 6) is -0.373.